The van der Waals surface area contributed by atoms with Crippen molar-refractivity contribution in [2.24, 2.45) is 11.7 Å². The number of aliphatic hydroxyl groups excluding tert-OH is 5. The molecule has 0 spiro atoms. The van der Waals surface area contributed by atoms with E-state index in [0.29, 0.717) is 13.0 Å². The molecule has 1 heterocycles. The van der Waals surface area contributed by atoms with Crippen LogP contribution in [0.1, 0.15) is 70.3 Å². The maximum atomic E-state index is 12.2. The predicted molar refractivity (Wildman–Crippen MR) is 160 cm³/mol. The Kier molecular flexibility index (Phi) is 17.1. The summed E-state index contributed by atoms with van der Waals surface area (Å²) < 4.78 is 10.8. The minimum atomic E-state index is -1.67. The van der Waals surface area contributed by atoms with Crippen LogP contribution >= 0.6 is 0 Å². The molecule has 0 bridgehead atoms. The van der Waals surface area contributed by atoms with Gasteiger partial charge in [0.15, 0.2) is 12.1 Å². The molecule has 1 aliphatic heterocycles. The number of carbonyl (C=O) groups is 2. The number of Topliss-reactive ketones (excluding diaryl/α,β-unsaturated/α-hetero) is 1. The molecule has 0 radical (unpaired) electrons. The molecule has 244 valence electrons. The molecule has 0 aromatic heterocycles. The lowest BCUT2D eigenvalue weighted by Crippen LogP contribution is -2.59. The smallest absolute Gasteiger partial charge is 0.219 e. The Morgan fingerprint density at radius 2 is 1.65 bits per heavy atom. The summed E-state index contributed by atoms with van der Waals surface area (Å²) >= 11 is 0. The van der Waals surface area contributed by atoms with Crippen LogP contribution < -0.4 is 11.1 Å². The first-order valence-electron chi connectivity index (χ1n) is 15.3. The Hall–Kier alpha value is -2.29. The Labute approximate surface area is 254 Å². The molecular formula is C31H51N3O9. The van der Waals surface area contributed by atoms with Crippen molar-refractivity contribution < 1.29 is 44.6 Å². The summed E-state index contributed by atoms with van der Waals surface area (Å²) in [7, 11) is 0. The van der Waals surface area contributed by atoms with E-state index in [-0.39, 0.29) is 18.7 Å². The number of ketones is 1. The molecule has 9 N–H and O–H groups in total. The number of hydrogen-bond acceptors (Lipinski definition) is 11. The molecule has 2 unspecified atom stereocenters. The zero-order valence-corrected chi connectivity index (χ0v) is 25.1. The van der Waals surface area contributed by atoms with Crippen LogP contribution in [0.3, 0.4) is 0 Å². The topological polar surface area (TPSA) is 216 Å². The molecule has 0 saturated carbocycles. The van der Waals surface area contributed by atoms with Gasteiger partial charge in [0.05, 0.1) is 30.9 Å². The molecule has 1 saturated heterocycles. The Morgan fingerprint density at radius 1 is 1.00 bits per heavy atom. The SMILES string of the molecule is CC(=O)C(=N)[C@@H](CO[C@H]1OC(CO)[C@H](O)C(O)[C@@H]1O)[C@H](O)[C@H](N)CCCC(=O)NCCCCCCCCc1ccccc1. The van der Waals surface area contributed by atoms with Crippen molar-refractivity contribution in [3.63, 3.8) is 0 Å². The maximum absolute atomic E-state index is 12.2. The van der Waals surface area contributed by atoms with Gasteiger partial charge in [0.2, 0.25) is 5.91 Å². The molecule has 43 heavy (non-hydrogen) atoms. The normalized spacial score (nSPS) is 24.2. The summed E-state index contributed by atoms with van der Waals surface area (Å²) in [5.74, 6) is -1.89. The second-order valence-electron chi connectivity index (χ2n) is 11.4. The van der Waals surface area contributed by atoms with Crippen molar-refractivity contribution in [3.05, 3.63) is 35.9 Å². The molecule has 2 rings (SSSR count). The molecule has 1 amide bonds. The van der Waals surface area contributed by atoms with Crippen molar-refractivity contribution in [1.29, 1.82) is 5.41 Å². The van der Waals surface area contributed by atoms with E-state index in [0.717, 1.165) is 32.6 Å². The highest BCUT2D eigenvalue weighted by atomic mass is 16.7. The van der Waals surface area contributed by atoms with Crippen molar-refractivity contribution >= 4 is 17.4 Å². The standard InChI is InChI=1S/C31H51N3O9/c1-20(36)26(33)22(19-42-31-30(41)29(40)28(39)24(18-35)43-31)27(38)23(32)15-11-16-25(37)34-17-10-5-3-2-4-7-12-21-13-8-6-9-14-21/h6,8-9,13-14,22-24,27-31,33,35,38-41H,2-5,7,10-12,15-19,32H2,1H3,(H,34,37)/t22-,23-,24?,27+,28+,29?,30+,31+/m1/s1. The van der Waals surface area contributed by atoms with E-state index in [2.05, 4.69) is 29.6 Å². The highest BCUT2D eigenvalue weighted by Gasteiger charge is 2.44. The highest BCUT2D eigenvalue weighted by molar-refractivity contribution is 6.38. The first kappa shape index (κ1) is 36.9. The van der Waals surface area contributed by atoms with E-state index in [1.165, 1.54) is 24.8 Å². The number of aryl methyl sites for hydroxylation is 1. The summed E-state index contributed by atoms with van der Waals surface area (Å²) in [6, 6.07) is 9.59. The zero-order chi connectivity index (χ0) is 31.8. The van der Waals surface area contributed by atoms with Gasteiger partial charge in [0.25, 0.3) is 0 Å². The molecule has 12 heteroatoms. The van der Waals surface area contributed by atoms with Gasteiger partial charge in [0.1, 0.15) is 24.4 Å². The molecular weight excluding hydrogens is 558 g/mol. The van der Waals surface area contributed by atoms with Crippen LogP contribution in [0, 0.1) is 11.3 Å². The number of carbonyl (C=O) groups excluding carboxylic acids is 2. The lowest BCUT2D eigenvalue weighted by atomic mass is 9.88. The first-order chi connectivity index (χ1) is 20.6. The minimum absolute atomic E-state index is 0.108. The number of benzene rings is 1. The number of ether oxygens (including phenoxy) is 2. The van der Waals surface area contributed by atoms with Gasteiger partial charge in [-0.25, -0.2) is 0 Å². The van der Waals surface area contributed by atoms with Crippen molar-refractivity contribution in [1.82, 2.24) is 5.32 Å². The fraction of sp³-hybridized carbons (Fsp3) is 0.710. The van der Waals surface area contributed by atoms with Crippen molar-refractivity contribution in [3.8, 4) is 0 Å². The third-order valence-corrected chi connectivity index (χ3v) is 7.89. The number of nitrogens with two attached hydrogens (primary N) is 1. The van der Waals surface area contributed by atoms with Gasteiger partial charge in [-0.2, -0.15) is 0 Å². The molecule has 1 fully saturated rings. The van der Waals surface area contributed by atoms with E-state index < -0.39 is 73.5 Å². The van der Waals surface area contributed by atoms with Crippen LogP contribution in [0.4, 0.5) is 0 Å². The number of rotatable bonds is 21. The van der Waals surface area contributed by atoms with Gasteiger partial charge >= 0.3 is 0 Å². The maximum Gasteiger partial charge on any atom is 0.219 e. The second-order valence-corrected chi connectivity index (χ2v) is 11.4. The zero-order valence-electron chi connectivity index (χ0n) is 25.1. The van der Waals surface area contributed by atoms with Crippen molar-refractivity contribution in [2.45, 2.75) is 114 Å². The largest absolute Gasteiger partial charge is 0.394 e. The van der Waals surface area contributed by atoms with Crippen LogP contribution in [0.2, 0.25) is 0 Å². The summed E-state index contributed by atoms with van der Waals surface area (Å²) in [6.07, 6.45) is -0.337. The van der Waals surface area contributed by atoms with E-state index >= 15 is 0 Å². The van der Waals surface area contributed by atoms with Gasteiger partial charge in [-0.05, 0) is 37.7 Å². The monoisotopic (exact) mass is 609 g/mol. The molecule has 1 aliphatic rings. The van der Waals surface area contributed by atoms with E-state index in [9.17, 15) is 35.1 Å². The quantitative estimate of drug-likeness (QED) is 0.0717. The Morgan fingerprint density at radius 3 is 2.30 bits per heavy atom. The van der Waals surface area contributed by atoms with Crippen LogP contribution in [-0.2, 0) is 25.5 Å². The van der Waals surface area contributed by atoms with E-state index in [4.69, 9.17) is 20.6 Å². The van der Waals surface area contributed by atoms with Crippen LogP contribution in [0.5, 0.6) is 0 Å². The lowest BCUT2D eigenvalue weighted by Gasteiger charge is -2.40. The third-order valence-electron chi connectivity index (χ3n) is 7.89. The average Bonchev–Trinajstić information content (AvgIpc) is 3.00. The van der Waals surface area contributed by atoms with Gasteiger partial charge in [0, 0.05) is 25.9 Å². The Balaban J connectivity index is 1.66. The van der Waals surface area contributed by atoms with E-state index in [1.807, 2.05) is 6.07 Å². The highest BCUT2D eigenvalue weighted by Crippen LogP contribution is 2.24. The van der Waals surface area contributed by atoms with E-state index in [1.54, 1.807) is 0 Å². The van der Waals surface area contributed by atoms with Crippen molar-refractivity contribution in [2.75, 3.05) is 19.8 Å². The molecule has 1 aromatic rings. The molecule has 8 atom stereocenters. The molecule has 12 nitrogen and oxygen atoms in total. The first-order valence-corrected chi connectivity index (χ1v) is 15.3. The summed E-state index contributed by atoms with van der Waals surface area (Å²) in [4.78, 5) is 24.2. The fourth-order valence-electron chi connectivity index (χ4n) is 5.11. The average molecular weight is 610 g/mol. The van der Waals surface area contributed by atoms with Gasteiger partial charge in [-0.1, -0.05) is 56.0 Å². The van der Waals surface area contributed by atoms with Crippen LogP contribution in [-0.4, -0.2) is 106 Å². The second kappa shape index (κ2) is 19.9. The van der Waals surface area contributed by atoms with Gasteiger partial charge in [-0.3, -0.25) is 9.59 Å². The van der Waals surface area contributed by atoms with Gasteiger partial charge < -0.3 is 51.5 Å². The number of unbranched alkanes of at least 4 members (excludes halogenated alkanes) is 5. The van der Waals surface area contributed by atoms with Crippen LogP contribution in [0.25, 0.3) is 0 Å². The number of aliphatic hydroxyl groups is 5. The fourth-order valence-corrected chi connectivity index (χ4v) is 5.11. The van der Waals surface area contributed by atoms with Crippen LogP contribution in [0.15, 0.2) is 30.3 Å². The number of hydrogen-bond donors (Lipinski definition) is 8. The van der Waals surface area contributed by atoms with Gasteiger partial charge in [-0.15, -0.1) is 0 Å². The summed E-state index contributed by atoms with van der Waals surface area (Å²) in [6.45, 7) is 0.667. The number of nitrogens with one attached hydrogen (secondary N) is 2. The summed E-state index contributed by atoms with van der Waals surface area (Å²) in [5, 5.41) is 61.3. The lowest BCUT2D eigenvalue weighted by molar-refractivity contribution is -0.303. The number of amides is 1. The minimum Gasteiger partial charge on any atom is -0.394 e. The summed E-state index contributed by atoms with van der Waals surface area (Å²) in [5.41, 5.74) is 7.08. The predicted octanol–water partition coefficient (Wildman–Crippen LogP) is 0.586. The molecule has 1 aromatic carbocycles. The Bertz CT molecular complexity index is 965. The molecule has 0 aliphatic carbocycles. The third kappa shape index (κ3) is 12.7.